The van der Waals surface area contributed by atoms with Gasteiger partial charge in [0.2, 0.25) is 11.8 Å². The summed E-state index contributed by atoms with van der Waals surface area (Å²) in [6, 6.07) is 35.8. The molecular weight excluding hydrogens is 905 g/mol. The van der Waals surface area contributed by atoms with Gasteiger partial charge in [-0.1, -0.05) is 97.1 Å². The van der Waals surface area contributed by atoms with Crippen LogP contribution in [0.15, 0.2) is 109 Å². The number of amides is 2. The minimum Gasteiger partial charge on any atom is -0.496 e. The van der Waals surface area contributed by atoms with E-state index in [1.165, 1.54) is 49.3 Å². The molecule has 378 valence electrons. The molecule has 2 aliphatic rings. The normalized spacial score (nSPS) is 15.9. The lowest BCUT2D eigenvalue weighted by molar-refractivity contribution is -0.240. The maximum absolute atomic E-state index is 13.0. The monoisotopic (exact) mass is 970 g/mol. The average molecular weight is 971 g/mol. The number of hydrogen-bond acceptors (Lipinski definition) is 14. The maximum atomic E-state index is 13.0. The van der Waals surface area contributed by atoms with Crippen LogP contribution in [0, 0.1) is 0 Å². The second-order valence-electron chi connectivity index (χ2n) is 16.7. The molecule has 2 aliphatic heterocycles. The van der Waals surface area contributed by atoms with Gasteiger partial charge in [0.05, 0.1) is 28.4 Å². The number of benzene rings is 4. The summed E-state index contributed by atoms with van der Waals surface area (Å²) in [5.41, 5.74) is 1.67. The second kappa shape index (κ2) is 26.8. The van der Waals surface area contributed by atoms with Gasteiger partial charge < -0.3 is 29.2 Å². The summed E-state index contributed by atoms with van der Waals surface area (Å²) in [6.07, 6.45) is 1.68. The summed E-state index contributed by atoms with van der Waals surface area (Å²) >= 11 is 0. The van der Waals surface area contributed by atoms with Crippen molar-refractivity contribution in [1.29, 1.82) is 0 Å². The van der Waals surface area contributed by atoms with Gasteiger partial charge in [0.25, 0.3) is 0 Å². The third-order valence-electron chi connectivity index (χ3n) is 12.7. The number of carboxylic acid groups (broad SMARTS) is 2. The molecule has 2 amide bonds. The zero-order valence-electron chi connectivity index (χ0n) is 41.2. The van der Waals surface area contributed by atoms with Crippen molar-refractivity contribution in [2.75, 3.05) is 54.6 Å². The molecule has 4 aromatic carbocycles. The minimum atomic E-state index is -1.82. The Bertz CT molecular complexity index is 2170. The quantitative estimate of drug-likeness (QED) is 0.0684. The highest BCUT2D eigenvalue weighted by atomic mass is 16.7. The predicted molar refractivity (Wildman–Crippen MR) is 257 cm³/mol. The largest absolute Gasteiger partial charge is 0.496 e. The average Bonchev–Trinajstić information content (AvgIpc) is 3.39. The molecule has 18 nitrogen and oxygen atoms in total. The Morgan fingerprint density at radius 1 is 0.514 bits per heavy atom. The smallest absolute Gasteiger partial charge is 0.414 e. The number of nitrogens with zero attached hydrogens (tertiary/aromatic N) is 4. The number of carboxylic acids is 2. The van der Waals surface area contributed by atoms with Crippen molar-refractivity contribution < 1.29 is 67.6 Å². The number of methoxy groups -OCH3 is 4. The summed E-state index contributed by atoms with van der Waals surface area (Å²) in [5.74, 6) is -3.92. The number of hydrogen-bond donors (Lipinski definition) is 2. The Kier molecular flexibility index (Phi) is 21.3. The summed E-state index contributed by atoms with van der Waals surface area (Å²) in [4.78, 5) is 86.0. The molecule has 0 radical (unpaired) electrons. The first-order valence-electron chi connectivity index (χ1n) is 22.8. The number of ether oxygens (including phenoxy) is 4. The molecule has 0 spiro atoms. The molecule has 2 N–H and O–H groups in total. The molecule has 0 saturated carbocycles. The van der Waals surface area contributed by atoms with E-state index in [9.17, 15) is 19.2 Å². The Hall–Kier alpha value is -6.86. The van der Waals surface area contributed by atoms with E-state index in [1.807, 2.05) is 84.9 Å². The van der Waals surface area contributed by atoms with Crippen molar-refractivity contribution in [3.8, 4) is 11.5 Å². The van der Waals surface area contributed by atoms with Crippen LogP contribution in [0.3, 0.4) is 0 Å². The van der Waals surface area contributed by atoms with E-state index in [0.29, 0.717) is 63.4 Å². The third kappa shape index (κ3) is 14.1. The van der Waals surface area contributed by atoms with Crippen molar-refractivity contribution in [3.63, 3.8) is 0 Å². The van der Waals surface area contributed by atoms with Crippen LogP contribution < -0.4 is 9.47 Å². The topological polar surface area (TPSA) is 211 Å². The van der Waals surface area contributed by atoms with Gasteiger partial charge in [0, 0.05) is 63.2 Å². The lowest BCUT2D eigenvalue weighted by Gasteiger charge is -2.46. The van der Waals surface area contributed by atoms with Crippen LogP contribution >= 0.6 is 0 Å². The standard InChI is InChI=1S/2C25H32N2O5.C2H2O4/c2*1-19(21-10-6-5-7-11-21)26-16-14-25(15-17-26,24(29)31-4)27(20(2)28)32-18-22-12-8-9-13-23(22)30-3;3-1(4)2(5)6/h2*5-13,19H,14-18H2,1-4H3;(H,3,4)(H,5,6). The molecule has 2 saturated heterocycles. The van der Waals surface area contributed by atoms with Crippen LogP contribution in [-0.4, -0.2) is 132 Å². The number of para-hydroxylation sites is 2. The zero-order valence-corrected chi connectivity index (χ0v) is 41.2. The van der Waals surface area contributed by atoms with E-state index in [0.717, 1.165) is 11.1 Å². The predicted octanol–water partition coefficient (Wildman–Crippen LogP) is 6.64. The highest BCUT2D eigenvalue weighted by Gasteiger charge is 2.52. The highest BCUT2D eigenvalue weighted by Crippen LogP contribution is 2.37. The van der Waals surface area contributed by atoms with Crippen LogP contribution in [0.1, 0.15) is 87.7 Å². The first-order valence-corrected chi connectivity index (χ1v) is 22.8. The fourth-order valence-electron chi connectivity index (χ4n) is 8.75. The van der Waals surface area contributed by atoms with E-state index < -0.39 is 35.0 Å². The van der Waals surface area contributed by atoms with Crippen LogP contribution in [0.4, 0.5) is 0 Å². The molecule has 2 unspecified atom stereocenters. The Balaban J connectivity index is 0.000000273. The van der Waals surface area contributed by atoms with Gasteiger partial charge in [-0.2, -0.15) is 0 Å². The number of piperidine rings is 2. The van der Waals surface area contributed by atoms with Crippen LogP contribution in [0.2, 0.25) is 0 Å². The number of carbonyl (C=O) groups excluding carboxylic acids is 4. The van der Waals surface area contributed by atoms with Gasteiger partial charge in [0.1, 0.15) is 24.7 Å². The van der Waals surface area contributed by atoms with Crippen LogP contribution in [0.5, 0.6) is 11.5 Å². The van der Waals surface area contributed by atoms with Crippen molar-refractivity contribution in [1.82, 2.24) is 19.9 Å². The number of hydroxylamine groups is 4. The molecule has 70 heavy (non-hydrogen) atoms. The summed E-state index contributed by atoms with van der Waals surface area (Å²) in [7, 11) is 5.87. The van der Waals surface area contributed by atoms with Gasteiger partial charge >= 0.3 is 23.9 Å². The van der Waals surface area contributed by atoms with Gasteiger partial charge in [-0.15, -0.1) is 0 Å². The first-order chi connectivity index (χ1) is 33.5. The first kappa shape index (κ1) is 55.7. The summed E-state index contributed by atoms with van der Waals surface area (Å²) in [6.45, 7) is 9.86. The lowest BCUT2D eigenvalue weighted by atomic mass is 9.85. The number of esters is 2. The summed E-state index contributed by atoms with van der Waals surface area (Å²) in [5, 5.41) is 17.2. The van der Waals surface area contributed by atoms with Crippen LogP contribution in [-0.2, 0) is 61.1 Å². The van der Waals surface area contributed by atoms with Gasteiger partial charge in [-0.3, -0.25) is 29.1 Å². The molecule has 0 aromatic heterocycles. The van der Waals surface area contributed by atoms with Gasteiger partial charge in [-0.05, 0) is 62.8 Å². The molecule has 2 heterocycles. The Morgan fingerprint density at radius 2 is 0.814 bits per heavy atom. The number of carbonyl (C=O) groups is 6. The van der Waals surface area contributed by atoms with E-state index >= 15 is 0 Å². The van der Waals surface area contributed by atoms with E-state index in [-0.39, 0.29) is 37.1 Å². The van der Waals surface area contributed by atoms with Crippen molar-refractivity contribution in [3.05, 3.63) is 131 Å². The Labute approximate surface area is 409 Å². The molecule has 2 fully saturated rings. The van der Waals surface area contributed by atoms with Crippen LogP contribution in [0.25, 0.3) is 0 Å². The third-order valence-corrected chi connectivity index (χ3v) is 12.7. The number of likely N-dealkylation sites (tertiary alicyclic amines) is 2. The molecule has 18 heteroatoms. The van der Waals surface area contributed by atoms with Crippen molar-refractivity contribution in [2.45, 2.75) is 89.8 Å². The van der Waals surface area contributed by atoms with Crippen molar-refractivity contribution in [2.24, 2.45) is 0 Å². The minimum absolute atomic E-state index is 0.104. The molecule has 0 aliphatic carbocycles. The van der Waals surface area contributed by atoms with E-state index in [2.05, 4.69) is 47.9 Å². The highest BCUT2D eigenvalue weighted by molar-refractivity contribution is 6.27. The molecule has 2 atom stereocenters. The summed E-state index contributed by atoms with van der Waals surface area (Å²) < 4.78 is 21.0. The fourth-order valence-corrected chi connectivity index (χ4v) is 8.75. The van der Waals surface area contributed by atoms with Gasteiger partial charge in [-0.25, -0.2) is 29.3 Å². The molecule has 6 rings (SSSR count). The molecular formula is C52H66N4O14. The number of aliphatic carboxylic acids is 2. The zero-order chi connectivity index (χ0) is 51.4. The Morgan fingerprint density at radius 3 is 1.09 bits per heavy atom. The number of rotatable bonds is 16. The van der Waals surface area contributed by atoms with Gasteiger partial charge in [0.15, 0.2) is 11.1 Å². The SMILES string of the molecule is COC(=O)C1(N(OCc2ccccc2OC)C(C)=O)CCN(C(C)c2ccccc2)CC1.COC(=O)C1(N(OCc2ccccc2OC)C(C)=O)CCN(C(C)c2ccccc2)CC1.O=C(O)C(=O)O. The second-order valence-corrected chi connectivity index (χ2v) is 16.7. The maximum Gasteiger partial charge on any atom is 0.414 e. The lowest BCUT2D eigenvalue weighted by Crippen LogP contribution is -2.61. The molecule has 0 bridgehead atoms. The van der Waals surface area contributed by atoms with E-state index in [1.54, 1.807) is 14.2 Å². The molecule has 4 aromatic rings. The fraction of sp³-hybridized carbons (Fsp3) is 0.423. The van der Waals surface area contributed by atoms with Crippen molar-refractivity contribution >= 4 is 35.7 Å². The van der Waals surface area contributed by atoms with E-state index in [4.69, 9.17) is 48.4 Å².